The molecule has 0 aliphatic carbocycles. The molecule has 0 unspecified atom stereocenters. The van der Waals surface area contributed by atoms with E-state index in [0.717, 1.165) is 44.2 Å². The lowest BCUT2D eigenvalue weighted by atomic mass is 10.2. The van der Waals surface area contributed by atoms with E-state index in [1.165, 1.54) is 5.56 Å². The summed E-state index contributed by atoms with van der Waals surface area (Å²) < 4.78 is 5.18. The topological polar surface area (TPSA) is 58.8 Å². The molecule has 0 saturated carbocycles. The summed E-state index contributed by atoms with van der Waals surface area (Å²) in [4.78, 5) is 15.1. The number of piperazine rings is 1. The number of non-ortho nitro benzene ring substituents is 1. The zero-order valence-corrected chi connectivity index (χ0v) is 13.7. The number of hydrogen-bond acceptors (Lipinski definition) is 5. The van der Waals surface area contributed by atoms with Gasteiger partial charge in [0, 0.05) is 50.5 Å². The molecule has 0 aromatic heterocycles. The highest BCUT2D eigenvalue weighted by atomic mass is 16.6. The standard InChI is InChI=1S/C18H21N3O3/c1-24-18-8-2-15(3-9-18)14-19-10-12-20(13-11-19)16-4-6-17(7-5-16)21(22)23/h2-9H,10-14H2,1H3. The number of nitro benzene ring substituents is 1. The first-order chi connectivity index (χ1) is 11.7. The van der Waals surface area contributed by atoms with Crippen LogP contribution in [-0.4, -0.2) is 43.1 Å². The van der Waals surface area contributed by atoms with Gasteiger partial charge >= 0.3 is 0 Å². The minimum Gasteiger partial charge on any atom is -0.497 e. The normalized spacial score (nSPS) is 15.3. The highest BCUT2D eigenvalue weighted by molar-refractivity contribution is 5.51. The van der Waals surface area contributed by atoms with Gasteiger partial charge in [0.15, 0.2) is 0 Å². The molecule has 1 fully saturated rings. The van der Waals surface area contributed by atoms with E-state index in [1.807, 2.05) is 24.3 Å². The molecule has 1 heterocycles. The van der Waals surface area contributed by atoms with E-state index in [4.69, 9.17) is 4.74 Å². The van der Waals surface area contributed by atoms with Crippen molar-refractivity contribution >= 4 is 11.4 Å². The highest BCUT2D eigenvalue weighted by Gasteiger charge is 2.18. The summed E-state index contributed by atoms with van der Waals surface area (Å²) in [7, 11) is 1.67. The first kappa shape index (κ1) is 16.3. The first-order valence-corrected chi connectivity index (χ1v) is 8.00. The summed E-state index contributed by atoms with van der Waals surface area (Å²) in [5, 5.41) is 10.7. The third-order valence-corrected chi connectivity index (χ3v) is 4.36. The Hall–Kier alpha value is -2.60. The van der Waals surface area contributed by atoms with Crippen molar-refractivity contribution in [3.05, 3.63) is 64.2 Å². The van der Waals surface area contributed by atoms with Gasteiger partial charge in [0.05, 0.1) is 12.0 Å². The molecular weight excluding hydrogens is 306 g/mol. The van der Waals surface area contributed by atoms with Gasteiger partial charge in [-0.15, -0.1) is 0 Å². The summed E-state index contributed by atoms with van der Waals surface area (Å²) in [5.74, 6) is 0.877. The smallest absolute Gasteiger partial charge is 0.269 e. The van der Waals surface area contributed by atoms with Gasteiger partial charge < -0.3 is 9.64 Å². The lowest BCUT2D eigenvalue weighted by molar-refractivity contribution is -0.384. The van der Waals surface area contributed by atoms with Gasteiger partial charge in [-0.05, 0) is 29.8 Å². The second-order valence-corrected chi connectivity index (χ2v) is 5.88. The SMILES string of the molecule is COc1ccc(CN2CCN(c3ccc([N+](=O)[O-])cc3)CC2)cc1. The minimum atomic E-state index is -0.365. The van der Waals surface area contributed by atoms with Crippen LogP contribution in [0.2, 0.25) is 0 Å². The predicted molar refractivity (Wildman–Crippen MR) is 93.6 cm³/mol. The zero-order valence-electron chi connectivity index (χ0n) is 13.7. The Bertz CT molecular complexity index is 678. The summed E-state index contributed by atoms with van der Waals surface area (Å²) >= 11 is 0. The largest absolute Gasteiger partial charge is 0.497 e. The molecule has 2 aromatic rings. The first-order valence-electron chi connectivity index (χ1n) is 8.00. The van der Waals surface area contributed by atoms with Crippen molar-refractivity contribution in [1.82, 2.24) is 4.90 Å². The Balaban J connectivity index is 1.54. The van der Waals surface area contributed by atoms with Crippen molar-refractivity contribution in [3.8, 4) is 5.75 Å². The Morgan fingerprint density at radius 3 is 2.17 bits per heavy atom. The molecule has 0 bridgehead atoms. The summed E-state index contributed by atoms with van der Waals surface area (Å²) in [5.41, 5.74) is 2.46. The van der Waals surface area contributed by atoms with Crippen LogP contribution in [0.5, 0.6) is 5.75 Å². The Kier molecular flexibility index (Phi) is 4.96. The fourth-order valence-corrected chi connectivity index (χ4v) is 2.94. The maximum atomic E-state index is 10.7. The van der Waals surface area contributed by atoms with E-state index in [1.54, 1.807) is 19.2 Å². The summed E-state index contributed by atoms with van der Waals surface area (Å²) in [6.07, 6.45) is 0. The van der Waals surface area contributed by atoms with Gasteiger partial charge in [0.25, 0.3) is 5.69 Å². The third kappa shape index (κ3) is 3.83. The summed E-state index contributed by atoms with van der Waals surface area (Å²) in [6.45, 7) is 4.73. The van der Waals surface area contributed by atoms with Crippen LogP contribution in [0.15, 0.2) is 48.5 Å². The third-order valence-electron chi connectivity index (χ3n) is 4.36. The minimum absolute atomic E-state index is 0.136. The number of nitro groups is 1. The quantitative estimate of drug-likeness (QED) is 0.624. The molecule has 0 radical (unpaired) electrons. The molecule has 1 aliphatic heterocycles. The number of nitrogens with zero attached hydrogens (tertiary/aromatic N) is 3. The maximum absolute atomic E-state index is 10.7. The highest BCUT2D eigenvalue weighted by Crippen LogP contribution is 2.21. The van der Waals surface area contributed by atoms with Crippen LogP contribution in [-0.2, 0) is 6.54 Å². The molecule has 1 aliphatic rings. The number of benzene rings is 2. The van der Waals surface area contributed by atoms with Gasteiger partial charge in [-0.25, -0.2) is 0 Å². The number of rotatable bonds is 5. The second-order valence-electron chi connectivity index (χ2n) is 5.88. The van der Waals surface area contributed by atoms with E-state index in [0.29, 0.717) is 0 Å². The van der Waals surface area contributed by atoms with Crippen LogP contribution >= 0.6 is 0 Å². The van der Waals surface area contributed by atoms with E-state index >= 15 is 0 Å². The fraction of sp³-hybridized carbons (Fsp3) is 0.333. The lowest BCUT2D eigenvalue weighted by Gasteiger charge is -2.36. The number of methoxy groups -OCH3 is 1. The van der Waals surface area contributed by atoms with Crippen molar-refractivity contribution in [2.75, 3.05) is 38.2 Å². The zero-order chi connectivity index (χ0) is 16.9. The molecular formula is C18H21N3O3. The van der Waals surface area contributed by atoms with Gasteiger partial charge in [-0.1, -0.05) is 12.1 Å². The van der Waals surface area contributed by atoms with Crippen LogP contribution in [0.4, 0.5) is 11.4 Å². The van der Waals surface area contributed by atoms with Crippen molar-refractivity contribution in [2.24, 2.45) is 0 Å². The molecule has 24 heavy (non-hydrogen) atoms. The van der Waals surface area contributed by atoms with Gasteiger partial charge in [-0.3, -0.25) is 15.0 Å². The van der Waals surface area contributed by atoms with Gasteiger partial charge in [0.2, 0.25) is 0 Å². The molecule has 3 rings (SSSR count). The molecule has 2 aromatic carbocycles. The van der Waals surface area contributed by atoms with Gasteiger partial charge in [0.1, 0.15) is 5.75 Å². The van der Waals surface area contributed by atoms with Crippen molar-refractivity contribution in [2.45, 2.75) is 6.54 Å². The predicted octanol–water partition coefficient (Wildman–Crippen LogP) is 2.93. The van der Waals surface area contributed by atoms with Crippen molar-refractivity contribution < 1.29 is 9.66 Å². The van der Waals surface area contributed by atoms with E-state index in [9.17, 15) is 10.1 Å². The average Bonchev–Trinajstić information content (AvgIpc) is 2.63. The van der Waals surface area contributed by atoms with Crippen LogP contribution < -0.4 is 9.64 Å². The maximum Gasteiger partial charge on any atom is 0.269 e. The van der Waals surface area contributed by atoms with Crippen molar-refractivity contribution in [1.29, 1.82) is 0 Å². The number of ether oxygens (including phenoxy) is 1. The Morgan fingerprint density at radius 1 is 1.00 bits per heavy atom. The molecule has 126 valence electrons. The molecule has 1 saturated heterocycles. The molecule has 6 nitrogen and oxygen atoms in total. The van der Waals surface area contributed by atoms with E-state index < -0.39 is 0 Å². The Labute approximate surface area is 141 Å². The monoisotopic (exact) mass is 327 g/mol. The molecule has 0 N–H and O–H groups in total. The van der Waals surface area contributed by atoms with Gasteiger partial charge in [-0.2, -0.15) is 0 Å². The van der Waals surface area contributed by atoms with Crippen LogP contribution in [0, 0.1) is 10.1 Å². The van der Waals surface area contributed by atoms with Crippen molar-refractivity contribution in [3.63, 3.8) is 0 Å². The molecule has 0 atom stereocenters. The molecule has 0 amide bonds. The van der Waals surface area contributed by atoms with Crippen LogP contribution in [0.3, 0.4) is 0 Å². The lowest BCUT2D eigenvalue weighted by Crippen LogP contribution is -2.45. The fourth-order valence-electron chi connectivity index (χ4n) is 2.94. The number of hydrogen-bond donors (Lipinski definition) is 0. The Morgan fingerprint density at radius 2 is 1.62 bits per heavy atom. The van der Waals surface area contributed by atoms with Crippen LogP contribution in [0.25, 0.3) is 0 Å². The molecule has 6 heteroatoms. The molecule has 0 spiro atoms. The van der Waals surface area contributed by atoms with E-state index in [2.05, 4.69) is 21.9 Å². The van der Waals surface area contributed by atoms with E-state index in [-0.39, 0.29) is 10.6 Å². The second kappa shape index (κ2) is 7.31. The number of anilines is 1. The summed E-state index contributed by atoms with van der Waals surface area (Å²) in [6, 6.07) is 15.0. The van der Waals surface area contributed by atoms with Crippen LogP contribution in [0.1, 0.15) is 5.56 Å². The average molecular weight is 327 g/mol.